The van der Waals surface area contributed by atoms with Crippen LogP contribution >= 0.6 is 0 Å². The molecule has 84 valence electrons. The smallest absolute Gasteiger partial charge is 0.322 e. The van der Waals surface area contributed by atoms with E-state index in [1.165, 1.54) is 0 Å². The van der Waals surface area contributed by atoms with Gasteiger partial charge in [0.1, 0.15) is 6.10 Å². The summed E-state index contributed by atoms with van der Waals surface area (Å²) in [5.41, 5.74) is 4.10. The number of allylic oxidation sites excluding steroid dienone is 1. The van der Waals surface area contributed by atoms with Crippen LogP contribution < -0.4 is 11.1 Å². The molecule has 1 rings (SSSR count). The first-order valence-electron chi connectivity index (χ1n) is 4.87. The summed E-state index contributed by atoms with van der Waals surface area (Å²) in [5.74, 6) is -0.861. The number of amides is 1. The van der Waals surface area contributed by atoms with Crippen molar-refractivity contribution in [2.45, 2.75) is 25.9 Å². The molecule has 0 saturated carbocycles. The Morgan fingerprint density at radius 3 is 2.93 bits per heavy atom. The number of nitrogens with two attached hydrogens (primary N) is 1. The predicted octanol–water partition coefficient (Wildman–Crippen LogP) is -0.0833. The molecule has 5 nitrogen and oxygen atoms in total. The number of carbonyl (C=O) groups excluding carboxylic acids is 2. The van der Waals surface area contributed by atoms with Gasteiger partial charge in [0, 0.05) is 6.42 Å². The molecule has 0 aromatic carbocycles. The molecule has 0 aromatic rings. The van der Waals surface area contributed by atoms with Crippen molar-refractivity contribution >= 4 is 11.9 Å². The van der Waals surface area contributed by atoms with E-state index >= 15 is 0 Å². The third-order valence-electron chi connectivity index (χ3n) is 2.52. The molecular formula is C10H16N2O3. The molecular weight excluding hydrogens is 196 g/mol. The Morgan fingerprint density at radius 1 is 1.87 bits per heavy atom. The molecule has 0 bridgehead atoms. The van der Waals surface area contributed by atoms with E-state index in [1.54, 1.807) is 13.0 Å². The highest BCUT2D eigenvalue weighted by molar-refractivity contribution is 6.04. The maximum absolute atomic E-state index is 11.8. The standard InChI is InChI=1S/C10H16N2O3/c1-3-4-10(8(13)12-6-11)5-7(2)15-9(10)14/h3,7H,1,4-6,11H2,2H3,(H,12,13). The van der Waals surface area contributed by atoms with Crippen LogP contribution in [0, 0.1) is 5.41 Å². The summed E-state index contributed by atoms with van der Waals surface area (Å²) in [6, 6.07) is 0. The zero-order valence-electron chi connectivity index (χ0n) is 8.79. The molecule has 1 saturated heterocycles. The zero-order chi connectivity index (χ0) is 11.5. The van der Waals surface area contributed by atoms with Crippen molar-refractivity contribution in [2.75, 3.05) is 6.67 Å². The summed E-state index contributed by atoms with van der Waals surface area (Å²) < 4.78 is 5.01. The second-order valence-corrected chi connectivity index (χ2v) is 3.70. The molecule has 0 aromatic heterocycles. The number of ether oxygens (including phenoxy) is 1. The minimum absolute atomic E-state index is 0.0133. The van der Waals surface area contributed by atoms with Crippen molar-refractivity contribution in [3.05, 3.63) is 12.7 Å². The minimum Gasteiger partial charge on any atom is -0.462 e. The summed E-state index contributed by atoms with van der Waals surface area (Å²) in [6.45, 7) is 5.33. The fourth-order valence-corrected chi connectivity index (χ4v) is 1.86. The van der Waals surface area contributed by atoms with E-state index in [-0.39, 0.29) is 25.1 Å². The summed E-state index contributed by atoms with van der Waals surface area (Å²) in [4.78, 5) is 23.4. The van der Waals surface area contributed by atoms with Gasteiger partial charge < -0.3 is 15.8 Å². The van der Waals surface area contributed by atoms with Crippen LogP contribution in [0.1, 0.15) is 19.8 Å². The Balaban J connectivity index is 2.92. The van der Waals surface area contributed by atoms with Crippen LogP contribution in [0.2, 0.25) is 0 Å². The van der Waals surface area contributed by atoms with Gasteiger partial charge in [-0.25, -0.2) is 0 Å². The fourth-order valence-electron chi connectivity index (χ4n) is 1.86. The van der Waals surface area contributed by atoms with Gasteiger partial charge in [-0.05, 0) is 13.3 Å². The number of nitrogens with one attached hydrogen (secondary N) is 1. The molecule has 5 heteroatoms. The molecule has 1 heterocycles. The summed E-state index contributed by atoms with van der Waals surface area (Å²) in [7, 11) is 0. The topological polar surface area (TPSA) is 81.4 Å². The number of carbonyl (C=O) groups is 2. The van der Waals surface area contributed by atoms with E-state index in [0.29, 0.717) is 6.42 Å². The number of esters is 1. The zero-order valence-corrected chi connectivity index (χ0v) is 8.79. The maximum atomic E-state index is 11.8. The highest BCUT2D eigenvalue weighted by Gasteiger charge is 2.52. The molecule has 0 aliphatic carbocycles. The van der Waals surface area contributed by atoms with Gasteiger partial charge in [0.2, 0.25) is 5.91 Å². The van der Waals surface area contributed by atoms with Gasteiger partial charge >= 0.3 is 5.97 Å². The quantitative estimate of drug-likeness (QED) is 0.295. The van der Waals surface area contributed by atoms with Crippen LogP contribution in [0.5, 0.6) is 0 Å². The first-order chi connectivity index (χ1) is 7.06. The van der Waals surface area contributed by atoms with Crippen molar-refractivity contribution in [1.82, 2.24) is 5.32 Å². The molecule has 0 spiro atoms. The lowest BCUT2D eigenvalue weighted by Gasteiger charge is -2.21. The molecule has 1 fully saturated rings. The average molecular weight is 212 g/mol. The monoisotopic (exact) mass is 212 g/mol. The summed E-state index contributed by atoms with van der Waals surface area (Å²) >= 11 is 0. The first kappa shape index (κ1) is 11.7. The van der Waals surface area contributed by atoms with Gasteiger partial charge in [0.15, 0.2) is 5.41 Å². The fraction of sp³-hybridized carbons (Fsp3) is 0.600. The largest absolute Gasteiger partial charge is 0.462 e. The Kier molecular flexibility index (Phi) is 3.47. The Morgan fingerprint density at radius 2 is 2.53 bits per heavy atom. The van der Waals surface area contributed by atoms with Gasteiger partial charge in [-0.1, -0.05) is 6.08 Å². The second kappa shape index (κ2) is 4.44. The molecule has 2 unspecified atom stereocenters. The van der Waals surface area contributed by atoms with E-state index < -0.39 is 11.4 Å². The van der Waals surface area contributed by atoms with E-state index in [4.69, 9.17) is 10.5 Å². The third kappa shape index (κ3) is 2.02. The SMILES string of the molecule is C=CCC1(C(=O)NCN)CC(C)OC1=O. The van der Waals surface area contributed by atoms with Gasteiger partial charge in [0.05, 0.1) is 6.67 Å². The van der Waals surface area contributed by atoms with E-state index in [0.717, 1.165) is 0 Å². The lowest BCUT2D eigenvalue weighted by atomic mass is 9.80. The van der Waals surface area contributed by atoms with Gasteiger partial charge in [-0.15, -0.1) is 6.58 Å². The number of cyclic esters (lactones) is 1. The Hall–Kier alpha value is -1.36. The number of hydrogen-bond donors (Lipinski definition) is 2. The van der Waals surface area contributed by atoms with Crippen LogP contribution in [-0.2, 0) is 14.3 Å². The van der Waals surface area contributed by atoms with Gasteiger partial charge in [0.25, 0.3) is 0 Å². The molecule has 15 heavy (non-hydrogen) atoms. The van der Waals surface area contributed by atoms with Crippen LogP contribution in [0.4, 0.5) is 0 Å². The highest BCUT2D eigenvalue weighted by atomic mass is 16.6. The lowest BCUT2D eigenvalue weighted by molar-refractivity contribution is -0.153. The molecule has 1 aliphatic heterocycles. The molecule has 3 N–H and O–H groups in total. The third-order valence-corrected chi connectivity index (χ3v) is 2.52. The predicted molar refractivity (Wildman–Crippen MR) is 54.6 cm³/mol. The van der Waals surface area contributed by atoms with Crippen LogP contribution in [-0.4, -0.2) is 24.6 Å². The number of rotatable bonds is 4. The first-order valence-corrected chi connectivity index (χ1v) is 4.87. The van der Waals surface area contributed by atoms with Crippen LogP contribution in [0.25, 0.3) is 0 Å². The molecule has 0 radical (unpaired) electrons. The Bertz CT molecular complexity index is 290. The lowest BCUT2D eigenvalue weighted by Crippen LogP contribution is -2.45. The maximum Gasteiger partial charge on any atom is 0.322 e. The van der Waals surface area contributed by atoms with Crippen LogP contribution in [0.15, 0.2) is 12.7 Å². The van der Waals surface area contributed by atoms with Gasteiger partial charge in [-0.3, -0.25) is 9.59 Å². The van der Waals surface area contributed by atoms with E-state index in [2.05, 4.69) is 11.9 Å². The Labute approximate surface area is 88.7 Å². The van der Waals surface area contributed by atoms with Crippen molar-refractivity contribution in [1.29, 1.82) is 0 Å². The second-order valence-electron chi connectivity index (χ2n) is 3.70. The van der Waals surface area contributed by atoms with Gasteiger partial charge in [-0.2, -0.15) is 0 Å². The summed E-state index contributed by atoms with van der Waals surface area (Å²) in [6.07, 6.45) is 1.97. The van der Waals surface area contributed by atoms with Crippen molar-refractivity contribution < 1.29 is 14.3 Å². The van der Waals surface area contributed by atoms with E-state index in [1.807, 2.05) is 0 Å². The molecule has 1 aliphatic rings. The average Bonchev–Trinajstić information content (AvgIpc) is 2.43. The van der Waals surface area contributed by atoms with Crippen molar-refractivity contribution in [3.63, 3.8) is 0 Å². The van der Waals surface area contributed by atoms with Crippen LogP contribution in [0.3, 0.4) is 0 Å². The van der Waals surface area contributed by atoms with Crippen molar-refractivity contribution in [2.24, 2.45) is 11.1 Å². The minimum atomic E-state index is -1.12. The van der Waals surface area contributed by atoms with E-state index in [9.17, 15) is 9.59 Å². The summed E-state index contributed by atoms with van der Waals surface area (Å²) in [5, 5.41) is 2.45. The highest BCUT2D eigenvalue weighted by Crippen LogP contribution is 2.37. The van der Waals surface area contributed by atoms with Crippen molar-refractivity contribution in [3.8, 4) is 0 Å². The molecule has 2 atom stereocenters. The number of hydrogen-bond acceptors (Lipinski definition) is 4. The molecule has 1 amide bonds. The normalized spacial score (nSPS) is 29.7.